The van der Waals surface area contributed by atoms with Gasteiger partial charge in [0.1, 0.15) is 5.75 Å². The van der Waals surface area contributed by atoms with Gasteiger partial charge in [-0.25, -0.2) is 0 Å². The minimum Gasteiger partial charge on any atom is -0.494 e. The minimum atomic E-state index is -0.287. The van der Waals surface area contributed by atoms with E-state index in [0.717, 1.165) is 11.3 Å². The predicted molar refractivity (Wildman–Crippen MR) is 107 cm³/mol. The van der Waals surface area contributed by atoms with Gasteiger partial charge in [0.15, 0.2) is 0 Å². The van der Waals surface area contributed by atoms with E-state index in [-0.39, 0.29) is 30.2 Å². The number of hydrogen-bond acceptors (Lipinski definition) is 3. The van der Waals surface area contributed by atoms with E-state index in [4.69, 9.17) is 27.9 Å². The van der Waals surface area contributed by atoms with Crippen molar-refractivity contribution in [2.45, 2.75) is 19.3 Å². The zero-order valence-corrected chi connectivity index (χ0v) is 16.3. The van der Waals surface area contributed by atoms with Crippen molar-refractivity contribution in [2.24, 2.45) is 5.92 Å². The van der Waals surface area contributed by atoms with Crippen molar-refractivity contribution < 1.29 is 14.3 Å². The van der Waals surface area contributed by atoms with Gasteiger partial charge in [-0.2, -0.15) is 0 Å². The molecule has 2 aromatic carbocycles. The monoisotopic (exact) mass is 406 g/mol. The minimum absolute atomic E-state index is 0.0466. The Morgan fingerprint density at radius 2 is 1.89 bits per heavy atom. The summed E-state index contributed by atoms with van der Waals surface area (Å²) in [5, 5.41) is 6.39. The topological polar surface area (TPSA) is 67.4 Å². The van der Waals surface area contributed by atoms with Gasteiger partial charge in [0.25, 0.3) is 0 Å². The first-order valence-electron chi connectivity index (χ1n) is 8.74. The molecule has 2 unspecified atom stereocenters. The maximum absolute atomic E-state index is 12.3. The number of nitrogens with one attached hydrogen (secondary N) is 2. The number of hydrogen-bond donors (Lipinski definition) is 2. The van der Waals surface area contributed by atoms with Crippen LogP contribution in [0.4, 0.5) is 5.69 Å². The van der Waals surface area contributed by atoms with Crippen LogP contribution in [0, 0.1) is 5.92 Å². The molecule has 0 radical (unpaired) electrons. The Morgan fingerprint density at radius 1 is 1.15 bits per heavy atom. The van der Waals surface area contributed by atoms with Crippen molar-refractivity contribution >= 4 is 40.7 Å². The lowest BCUT2D eigenvalue weighted by molar-refractivity contribution is -0.125. The second-order valence-electron chi connectivity index (χ2n) is 6.32. The summed E-state index contributed by atoms with van der Waals surface area (Å²) in [6.07, 6.45) is 0.701. The number of rotatable bonds is 7. The first kappa shape index (κ1) is 19.5. The summed E-state index contributed by atoms with van der Waals surface area (Å²) in [5.74, 6) is 0.163. The average Bonchev–Trinajstić information content (AvgIpc) is 3.44. The van der Waals surface area contributed by atoms with Gasteiger partial charge in [-0.05, 0) is 55.2 Å². The van der Waals surface area contributed by atoms with E-state index in [9.17, 15) is 9.59 Å². The van der Waals surface area contributed by atoms with Crippen LogP contribution >= 0.6 is 23.2 Å². The Balaban J connectivity index is 1.47. The molecule has 2 N–H and O–H groups in total. The standard InChI is InChI=1S/C20H20Cl2N2O3/c1-2-27-13-8-6-12(7-9-13)24-18(25)11-23-20(26)16-10-15(16)14-4-3-5-17(21)19(14)22/h3-9,15-16H,2,10-11H2,1H3,(H,23,26)(H,24,25). The third kappa shape index (κ3) is 4.93. The molecule has 142 valence electrons. The fraction of sp³-hybridized carbons (Fsp3) is 0.300. The van der Waals surface area contributed by atoms with Gasteiger partial charge in [0.05, 0.1) is 23.2 Å². The molecule has 0 aromatic heterocycles. The molecule has 5 nitrogen and oxygen atoms in total. The second-order valence-corrected chi connectivity index (χ2v) is 7.10. The molecule has 2 amide bonds. The first-order valence-corrected chi connectivity index (χ1v) is 9.49. The molecule has 0 spiro atoms. The summed E-state index contributed by atoms with van der Waals surface area (Å²) >= 11 is 12.2. The highest BCUT2D eigenvalue weighted by molar-refractivity contribution is 6.42. The summed E-state index contributed by atoms with van der Waals surface area (Å²) in [4.78, 5) is 24.3. The highest BCUT2D eigenvalue weighted by atomic mass is 35.5. The Bertz CT molecular complexity index is 840. The van der Waals surface area contributed by atoms with Crippen molar-refractivity contribution in [3.8, 4) is 5.75 Å². The number of anilines is 1. The van der Waals surface area contributed by atoms with Crippen LogP contribution in [-0.2, 0) is 9.59 Å². The molecule has 0 bridgehead atoms. The largest absolute Gasteiger partial charge is 0.494 e. The van der Waals surface area contributed by atoms with E-state index in [0.29, 0.717) is 28.8 Å². The molecule has 2 aromatic rings. The Hall–Kier alpha value is -2.24. The van der Waals surface area contributed by atoms with E-state index in [2.05, 4.69) is 10.6 Å². The van der Waals surface area contributed by atoms with Gasteiger partial charge in [0.2, 0.25) is 11.8 Å². The summed E-state index contributed by atoms with van der Waals surface area (Å²) in [7, 11) is 0. The quantitative estimate of drug-likeness (QED) is 0.721. The van der Waals surface area contributed by atoms with Crippen LogP contribution < -0.4 is 15.4 Å². The third-order valence-electron chi connectivity index (χ3n) is 4.38. The van der Waals surface area contributed by atoms with Crippen molar-refractivity contribution in [2.75, 3.05) is 18.5 Å². The zero-order chi connectivity index (χ0) is 19.4. The fourth-order valence-electron chi connectivity index (χ4n) is 2.94. The van der Waals surface area contributed by atoms with E-state index in [1.165, 1.54) is 0 Å². The lowest BCUT2D eigenvalue weighted by atomic mass is 10.1. The number of amides is 2. The molecule has 27 heavy (non-hydrogen) atoms. The normalized spacial score (nSPS) is 17.9. The van der Waals surface area contributed by atoms with Crippen LogP contribution in [0.15, 0.2) is 42.5 Å². The van der Waals surface area contributed by atoms with Gasteiger partial charge in [-0.3, -0.25) is 9.59 Å². The van der Waals surface area contributed by atoms with Crippen molar-refractivity contribution in [1.82, 2.24) is 5.32 Å². The summed E-state index contributed by atoms with van der Waals surface area (Å²) in [5.41, 5.74) is 1.52. The van der Waals surface area contributed by atoms with E-state index in [1.807, 2.05) is 19.1 Å². The van der Waals surface area contributed by atoms with Crippen molar-refractivity contribution in [1.29, 1.82) is 0 Å². The van der Waals surface area contributed by atoms with Gasteiger partial charge in [-0.1, -0.05) is 35.3 Å². The zero-order valence-electron chi connectivity index (χ0n) is 14.8. The lowest BCUT2D eigenvalue weighted by Crippen LogP contribution is -2.34. The third-order valence-corrected chi connectivity index (χ3v) is 5.21. The molecule has 7 heteroatoms. The predicted octanol–water partition coefficient (Wildman–Crippen LogP) is 4.25. The maximum Gasteiger partial charge on any atom is 0.243 e. The molecule has 0 heterocycles. The van der Waals surface area contributed by atoms with E-state index >= 15 is 0 Å². The van der Waals surface area contributed by atoms with E-state index < -0.39 is 0 Å². The van der Waals surface area contributed by atoms with Gasteiger partial charge in [-0.15, -0.1) is 0 Å². The van der Waals surface area contributed by atoms with E-state index in [1.54, 1.807) is 30.3 Å². The summed E-state index contributed by atoms with van der Waals surface area (Å²) < 4.78 is 5.35. The molecule has 1 aliphatic rings. The highest BCUT2D eigenvalue weighted by Gasteiger charge is 2.45. The molecule has 1 aliphatic carbocycles. The molecular weight excluding hydrogens is 387 g/mol. The van der Waals surface area contributed by atoms with Gasteiger partial charge < -0.3 is 15.4 Å². The molecular formula is C20H20Cl2N2O3. The first-order chi connectivity index (χ1) is 13.0. The number of carbonyl (C=O) groups excluding carboxylic acids is 2. The highest BCUT2D eigenvalue weighted by Crippen LogP contribution is 2.50. The van der Waals surface area contributed by atoms with Gasteiger partial charge >= 0.3 is 0 Å². The summed E-state index contributed by atoms with van der Waals surface area (Å²) in [6.45, 7) is 2.40. The van der Waals surface area contributed by atoms with Crippen LogP contribution in [0.1, 0.15) is 24.8 Å². The molecule has 0 saturated heterocycles. The van der Waals surface area contributed by atoms with Crippen LogP contribution in [-0.4, -0.2) is 25.0 Å². The van der Waals surface area contributed by atoms with Crippen LogP contribution in [0.5, 0.6) is 5.75 Å². The van der Waals surface area contributed by atoms with Crippen LogP contribution in [0.3, 0.4) is 0 Å². The van der Waals surface area contributed by atoms with Gasteiger partial charge in [0, 0.05) is 11.6 Å². The smallest absolute Gasteiger partial charge is 0.243 e. The molecule has 0 aliphatic heterocycles. The second kappa shape index (κ2) is 8.63. The number of carbonyl (C=O) groups is 2. The Labute approximate surface area is 168 Å². The summed E-state index contributed by atoms with van der Waals surface area (Å²) in [6, 6.07) is 12.5. The lowest BCUT2D eigenvalue weighted by Gasteiger charge is -2.09. The number of benzene rings is 2. The van der Waals surface area contributed by atoms with Crippen molar-refractivity contribution in [3.63, 3.8) is 0 Å². The average molecular weight is 407 g/mol. The maximum atomic E-state index is 12.3. The van der Waals surface area contributed by atoms with Crippen molar-refractivity contribution in [3.05, 3.63) is 58.1 Å². The molecule has 3 rings (SSSR count). The SMILES string of the molecule is CCOc1ccc(NC(=O)CNC(=O)C2CC2c2cccc(Cl)c2Cl)cc1. The molecule has 1 saturated carbocycles. The molecule has 1 fully saturated rings. The number of halogens is 2. The number of ether oxygens (including phenoxy) is 1. The fourth-order valence-corrected chi connectivity index (χ4v) is 3.39. The van der Waals surface area contributed by atoms with Crippen LogP contribution in [0.2, 0.25) is 10.0 Å². The molecule has 2 atom stereocenters. The Morgan fingerprint density at radius 3 is 2.59 bits per heavy atom. The Kier molecular flexibility index (Phi) is 6.24. The van der Waals surface area contributed by atoms with Crippen LogP contribution in [0.25, 0.3) is 0 Å².